The molecule has 1 saturated heterocycles. The Balaban J connectivity index is 1.97. The summed E-state index contributed by atoms with van der Waals surface area (Å²) in [5, 5.41) is 0. The topological polar surface area (TPSA) is 47.9 Å². The number of hydrogen-bond acceptors (Lipinski definition) is 4. The number of benzene rings is 1. The first-order chi connectivity index (χ1) is 12.5. The van der Waals surface area contributed by atoms with Crippen LogP contribution in [-0.4, -0.2) is 28.2 Å². The predicted octanol–water partition coefficient (Wildman–Crippen LogP) is 4.65. The fourth-order valence-electron chi connectivity index (χ4n) is 3.47. The summed E-state index contributed by atoms with van der Waals surface area (Å²) < 4.78 is 20.2. The van der Waals surface area contributed by atoms with E-state index >= 15 is 0 Å². The van der Waals surface area contributed by atoms with Gasteiger partial charge in [0, 0.05) is 36.0 Å². The Morgan fingerprint density at radius 1 is 0.923 bits per heavy atom. The smallest absolute Gasteiger partial charge is 0.179 e. The largest absolute Gasteiger partial charge is 0.381 e. The van der Waals surface area contributed by atoms with Gasteiger partial charge in [-0.15, -0.1) is 0 Å². The molecule has 0 spiro atoms. The van der Waals surface area contributed by atoms with Crippen LogP contribution < -0.4 is 0 Å². The fraction of sp³-hybridized carbons (Fsp3) is 0.381. The summed E-state index contributed by atoms with van der Waals surface area (Å²) in [5.74, 6) is 0.0688. The standard InChI is InChI=1S/C21H22FN3O/c1-12-4-5-16(18(22)10-12)17-11-19(15-6-8-26-9-7-15)25-21-20(17)23-13(2)14(3)24-21/h4-5,10-11,15H,6-9H2,1-3H3. The highest BCUT2D eigenvalue weighted by atomic mass is 19.1. The number of fused-ring (bicyclic) bond motifs is 1. The Morgan fingerprint density at radius 3 is 2.38 bits per heavy atom. The molecule has 0 N–H and O–H groups in total. The van der Waals surface area contributed by atoms with Crippen LogP contribution >= 0.6 is 0 Å². The summed E-state index contributed by atoms with van der Waals surface area (Å²) in [6.07, 6.45) is 1.85. The van der Waals surface area contributed by atoms with E-state index in [0.29, 0.717) is 22.6 Å². The zero-order valence-electron chi connectivity index (χ0n) is 15.3. The van der Waals surface area contributed by atoms with E-state index in [4.69, 9.17) is 9.72 Å². The van der Waals surface area contributed by atoms with Crippen LogP contribution in [-0.2, 0) is 4.74 Å². The zero-order valence-corrected chi connectivity index (χ0v) is 15.3. The molecule has 3 heterocycles. The van der Waals surface area contributed by atoms with Crippen molar-refractivity contribution in [2.75, 3.05) is 13.2 Å². The van der Waals surface area contributed by atoms with Gasteiger partial charge in [-0.3, -0.25) is 0 Å². The van der Waals surface area contributed by atoms with E-state index in [-0.39, 0.29) is 5.82 Å². The highest BCUT2D eigenvalue weighted by molar-refractivity contribution is 5.90. The number of nitrogens with zero attached hydrogens (tertiary/aromatic N) is 3. The number of halogens is 1. The van der Waals surface area contributed by atoms with Gasteiger partial charge < -0.3 is 4.74 Å². The third-order valence-corrected chi connectivity index (χ3v) is 5.13. The fourth-order valence-corrected chi connectivity index (χ4v) is 3.47. The van der Waals surface area contributed by atoms with Gasteiger partial charge in [-0.25, -0.2) is 19.3 Å². The first-order valence-corrected chi connectivity index (χ1v) is 9.03. The van der Waals surface area contributed by atoms with Gasteiger partial charge in [-0.1, -0.05) is 12.1 Å². The maximum atomic E-state index is 14.7. The highest BCUT2D eigenvalue weighted by Crippen LogP contribution is 2.34. The maximum Gasteiger partial charge on any atom is 0.179 e. The van der Waals surface area contributed by atoms with Crippen LogP contribution in [0.3, 0.4) is 0 Å². The van der Waals surface area contributed by atoms with Crippen LogP contribution in [0.15, 0.2) is 24.3 Å². The lowest BCUT2D eigenvalue weighted by Crippen LogP contribution is -2.15. The second-order valence-corrected chi connectivity index (χ2v) is 7.03. The van der Waals surface area contributed by atoms with Gasteiger partial charge in [0.2, 0.25) is 0 Å². The first kappa shape index (κ1) is 17.0. The molecule has 4 rings (SSSR count). The molecule has 0 unspecified atom stereocenters. The van der Waals surface area contributed by atoms with Crippen LogP contribution in [0.5, 0.6) is 0 Å². The quantitative estimate of drug-likeness (QED) is 0.674. The average molecular weight is 351 g/mol. The van der Waals surface area contributed by atoms with E-state index < -0.39 is 0 Å². The lowest BCUT2D eigenvalue weighted by atomic mass is 9.93. The molecule has 1 aliphatic rings. The Labute approximate surface area is 152 Å². The van der Waals surface area contributed by atoms with Gasteiger partial charge in [0.05, 0.1) is 11.4 Å². The summed E-state index contributed by atoms with van der Waals surface area (Å²) in [7, 11) is 0. The summed E-state index contributed by atoms with van der Waals surface area (Å²) >= 11 is 0. The predicted molar refractivity (Wildman–Crippen MR) is 99.7 cm³/mol. The molecular formula is C21H22FN3O. The normalized spacial score (nSPS) is 15.5. The lowest BCUT2D eigenvalue weighted by molar-refractivity contribution is 0.0845. The van der Waals surface area contributed by atoms with Gasteiger partial charge in [0.25, 0.3) is 0 Å². The second kappa shape index (κ2) is 6.72. The Morgan fingerprint density at radius 2 is 1.65 bits per heavy atom. The molecule has 0 atom stereocenters. The molecule has 3 aromatic rings. The van der Waals surface area contributed by atoms with E-state index in [9.17, 15) is 4.39 Å². The molecule has 134 valence electrons. The van der Waals surface area contributed by atoms with Crippen molar-refractivity contribution in [2.24, 2.45) is 0 Å². The molecule has 1 aromatic carbocycles. The number of hydrogen-bond donors (Lipinski definition) is 0. The zero-order chi connectivity index (χ0) is 18.3. The first-order valence-electron chi connectivity index (χ1n) is 9.03. The van der Waals surface area contributed by atoms with E-state index in [1.807, 2.05) is 39.0 Å². The van der Waals surface area contributed by atoms with Gasteiger partial charge in [-0.2, -0.15) is 0 Å². The summed E-state index contributed by atoms with van der Waals surface area (Å²) in [6, 6.07) is 7.30. The molecule has 0 amide bonds. The van der Waals surface area contributed by atoms with E-state index in [1.54, 1.807) is 6.07 Å². The molecule has 4 nitrogen and oxygen atoms in total. The van der Waals surface area contributed by atoms with E-state index in [0.717, 1.165) is 54.3 Å². The molecule has 1 aliphatic heterocycles. The van der Waals surface area contributed by atoms with Crippen LogP contribution in [0.2, 0.25) is 0 Å². The highest BCUT2D eigenvalue weighted by Gasteiger charge is 2.21. The van der Waals surface area contributed by atoms with Crippen molar-refractivity contribution in [3.8, 4) is 11.1 Å². The number of pyridine rings is 1. The Bertz CT molecular complexity index is 981. The molecule has 2 aromatic heterocycles. The minimum absolute atomic E-state index is 0.240. The number of ether oxygens (including phenoxy) is 1. The molecule has 0 radical (unpaired) electrons. The maximum absolute atomic E-state index is 14.7. The average Bonchev–Trinajstić information content (AvgIpc) is 2.63. The van der Waals surface area contributed by atoms with Crippen molar-refractivity contribution in [3.05, 3.63) is 52.7 Å². The van der Waals surface area contributed by atoms with Crippen molar-refractivity contribution in [1.82, 2.24) is 15.0 Å². The second-order valence-electron chi connectivity index (χ2n) is 7.03. The molecule has 0 saturated carbocycles. The summed E-state index contributed by atoms with van der Waals surface area (Å²) in [5.41, 5.74) is 6.11. The van der Waals surface area contributed by atoms with Crippen molar-refractivity contribution in [2.45, 2.75) is 39.5 Å². The number of aromatic nitrogens is 3. The number of rotatable bonds is 2. The van der Waals surface area contributed by atoms with Gasteiger partial charge >= 0.3 is 0 Å². The Hall–Kier alpha value is -2.40. The Kier molecular flexibility index (Phi) is 4.41. The minimum atomic E-state index is -0.240. The van der Waals surface area contributed by atoms with Gasteiger partial charge in [0.1, 0.15) is 11.3 Å². The van der Waals surface area contributed by atoms with Crippen LogP contribution in [0.4, 0.5) is 4.39 Å². The van der Waals surface area contributed by atoms with Crippen molar-refractivity contribution in [1.29, 1.82) is 0 Å². The van der Waals surface area contributed by atoms with Crippen LogP contribution in [0.25, 0.3) is 22.3 Å². The van der Waals surface area contributed by atoms with Crippen molar-refractivity contribution < 1.29 is 9.13 Å². The number of aryl methyl sites for hydroxylation is 3. The summed E-state index contributed by atoms with van der Waals surface area (Å²) in [4.78, 5) is 14.1. The SMILES string of the molecule is Cc1ccc(-c2cc(C3CCOCC3)nc3nc(C)c(C)nc23)c(F)c1. The molecule has 5 heteroatoms. The van der Waals surface area contributed by atoms with Crippen LogP contribution in [0.1, 0.15) is 41.4 Å². The van der Waals surface area contributed by atoms with E-state index in [2.05, 4.69) is 9.97 Å². The van der Waals surface area contributed by atoms with E-state index in [1.165, 1.54) is 0 Å². The van der Waals surface area contributed by atoms with Crippen molar-refractivity contribution >= 4 is 11.2 Å². The molecule has 0 bridgehead atoms. The lowest BCUT2D eigenvalue weighted by Gasteiger charge is -2.22. The van der Waals surface area contributed by atoms with Gasteiger partial charge in [0.15, 0.2) is 5.65 Å². The monoisotopic (exact) mass is 351 g/mol. The molecule has 1 fully saturated rings. The summed E-state index contributed by atoms with van der Waals surface area (Å²) in [6.45, 7) is 7.20. The third-order valence-electron chi connectivity index (χ3n) is 5.13. The van der Waals surface area contributed by atoms with Crippen molar-refractivity contribution in [3.63, 3.8) is 0 Å². The van der Waals surface area contributed by atoms with Gasteiger partial charge in [-0.05, 0) is 51.3 Å². The minimum Gasteiger partial charge on any atom is -0.381 e. The molecule has 26 heavy (non-hydrogen) atoms. The third kappa shape index (κ3) is 3.07. The molecular weight excluding hydrogens is 329 g/mol. The van der Waals surface area contributed by atoms with Crippen LogP contribution in [0, 0.1) is 26.6 Å². The molecule has 0 aliphatic carbocycles.